The molecule has 376 valence electrons. The summed E-state index contributed by atoms with van der Waals surface area (Å²) in [6, 6.07) is 0. The summed E-state index contributed by atoms with van der Waals surface area (Å²) in [6.45, 7) is 15.0. The molecule has 7 aliphatic rings. The van der Waals surface area contributed by atoms with Crippen LogP contribution in [-0.4, -0.2) is 191 Å². The van der Waals surface area contributed by atoms with Crippen molar-refractivity contribution >= 4 is 0 Å². The van der Waals surface area contributed by atoms with Gasteiger partial charge < -0.3 is 89.7 Å². The molecule has 3 aliphatic heterocycles. The van der Waals surface area contributed by atoms with Crippen LogP contribution in [0.15, 0.2) is 11.6 Å². The van der Waals surface area contributed by atoms with Crippen LogP contribution in [0.5, 0.6) is 0 Å². The monoisotopic (exact) mass is 933 g/mol. The average Bonchev–Trinajstić information content (AvgIpc) is 3.63. The molecule has 3 saturated heterocycles. The normalized spacial score (nSPS) is 53.0. The second kappa shape index (κ2) is 19.0. The molecule has 7 rings (SSSR count). The van der Waals surface area contributed by atoms with E-state index >= 15 is 0 Å². The number of rotatable bonds is 12. The van der Waals surface area contributed by atoms with Crippen molar-refractivity contribution in [2.45, 2.75) is 217 Å². The van der Waals surface area contributed by atoms with E-state index in [-0.39, 0.29) is 30.3 Å². The molecule has 65 heavy (non-hydrogen) atoms. The van der Waals surface area contributed by atoms with Crippen LogP contribution in [0.4, 0.5) is 0 Å². The maximum Gasteiger partial charge on any atom is 0.187 e. The Morgan fingerprint density at radius 3 is 1.94 bits per heavy atom. The molecule has 0 bridgehead atoms. The van der Waals surface area contributed by atoms with Crippen LogP contribution < -0.4 is 0 Å². The van der Waals surface area contributed by atoms with Crippen molar-refractivity contribution < 1.29 is 89.7 Å². The Kier molecular flexibility index (Phi) is 15.1. The Morgan fingerprint density at radius 2 is 1.31 bits per heavy atom. The molecule has 18 nitrogen and oxygen atoms in total. The second-order valence-corrected chi connectivity index (χ2v) is 22.6. The van der Waals surface area contributed by atoms with Crippen molar-refractivity contribution in [1.82, 2.24) is 0 Å². The minimum atomic E-state index is -1.73. The van der Waals surface area contributed by atoms with Crippen LogP contribution in [0.2, 0.25) is 0 Å². The molecule has 4 saturated carbocycles. The van der Waals surface area contributed by atoms with Crippen molar-refractivity contribution in [3.8, 4) is 0 Å². The molecule has 3 heterocycles. The van der Waals surface area contributed by atoms with E-state index in [2.05, 4.69) is 26.8 Å². The number of aliphatic hydroxyl groups excluding tert-OH is 12. The lowest BCUT2D eigenvalue weighted by molar-refractivity contribution is -0.377. The molecule has 0 spiro atoms. The van der Waals surface area contributed by atoms with Crippen LogP contribution >= 0.6 is 0 Å². The third kappa shape index (κ3) is 8.72. The van der Waals surface area contributed by atoms with Crippen LogP contribution in [-0.2, 0) is 28.4 Å². The third-order valence-electron chi connectivity index (χ3n) is 18.3. The predicted octanol–water partition coefficient (Wildman–Crippen LogP) is -0.417. The lowest BCUT2D eigenvalue weighted by Gasteiger charge is -2.72. The molecule has 0 aromatic heterocycles. The van der Waals surface area contributed by atoms with Gasteiger partial charge in [0.2, 0.25) is 0 Å². The van der Waals surface area contributed by atoms with E-state index in [0.29, 0.717) is 51.4 Å². The molecule has 0 unspecified atom stereocenters. The van der Waals surface area contributed by atoms with Gasteiger partial charge in [-0.05, 0) is 117 Å². The number of aliphatic hydroxyl groups is 12. The zero-order chi connectivity index (χ0) is 47.9. The first-order valence-corrected chi connectivity index (χ1v) is 23.9. The first-order chi connectivity index (χ1) is 30.3. The van der Waals surface area contributed by atoms with Gasteiger partial charge in [-0.1, -0.05) is 46.3 Å². The lowest BCUT2D eigenvalue weighted by Crippen LogP contribution is -2.71. The highest BCUT2D eigenvalue weighted by molar-refractivity contribution is 5.22. The summed E-state index contributed by atoms with van der Waals surface area (Å²) in [5.41, 5.74) is -2.41. The molecule has 25 atom stereocenters. The van der Waals surface area contributed by atoms with Crippen molar-refractivity contribution in [3.05, 3.63) is 11.6 Å². The maximum atomic E-state index is 12.7. The quantitative estimate of drug-likeness (QED) is 0.0874. The van der Waals surface area contributed by atoms with Crippen molar-refractivity contribution in [2.24, 2.45) is 45.3 Å². The van der Waals surface area contributed by atoms with E-state index in [1.165, 1.54) is 0 Å². The molecular weight excluding hydrogens is 852 g/mol. The van der Waals surface area contributed by atoms with Gasteiger partial charge >= 0.3 is 0 Å². The molecule has 0 radical (unpaired) electrons. The number of allylic oxidation sites excluding steroid dienone is 2. The average molecular weight is 933 g/mol. The minimum Gasteiger partial charge on any atom is -0.394 e. The fourth-order valence-corrected chi connectivity index (χ4v) is 14.6. The lowest BCUT2D eigenvalue weighted by atomic mass is 9.34. The van der Waals surface area contributed by atoms with Crippen LogP contribution in [0.3, 0.4) is 0 Å². The van der Waals surface area contributed by atoms with E-state index in [9.17, 15) is 61.3 Å². The zero-order valence-electron chi connectivity index (χ0n) is 39.3. The molecule has 0 aromatic rings. The summed E-state index contributed by atoms with van der Waals surface area (Å²) < 4.78 is 37.7. The zero-order valence-corrected chi connectivity index (χ0v) is 39.3. The summed E-state index contributed by atoms with van der Waals surface area (Å²) in [6.07, 6.45) is -17.2. The van der Waals surface area contributed by atoms with Crippen molar-refractivity contribution in [3.63, 3.8) is 0 Å². The molecule has 0 aromatic carbocycles. The predicted molar refractivity (Wildman–Crippen MR) is 229 cm³/mol. The smallest absolute Gasteiger partial charge is 0.187 e. The summed E-state index contributed by atoms with van der Waals surface area (Å²) >= 11 is 0. The van der Waals surface area contributed by atoms with E-state index < -0.39 is 145 Å². The Bertz CT molecular complexity index is 1660. The van der Waals surface area contributed by atoms with Crippen molar-refractivity contribution in [1.29, 1.82) is 0 Å². The summed E-state index contributed by atoms with van der Waals surface area (Å²) in [4.78, 5) is 0. The highest BCUT2D eigenvalue weighted by Gasteiger charge is 2.74. The van der Waals surface area contributed by atoms with Gasteiger partial charge in [-0.15, -0.1) is 0 Å². The van der Waals surface area contributed by atoms with Gasteiger partial charge in [0.15, 0.2) is 18.9 Å². The number of hydrogen-bond donors (Lipinski definition) is 12. The van der Waals surface area contributed by atoms with Gasteiger partial charge in [-0.3, -0.25) is 0 Å². The molecule has 18 heteroatoms. The Labute approximate surface area is 382 Å². The summed E-state index contributed by atoms with van der Waals surface area (Å²) in [7, 11) is 0. The van der Waals surface area contributed by atoms with Gasteiger partial charge in [0, 0.05) is 0 Å². The van der Waals surface area contributed by atoms with Crippen molar-refractivity contribution in [2.75, 3.05) is 19.8 Å². The van der Waals surface area contributed by atoms with Gasteiger partial charge in [0.25, 0.3) is 0 Å². The van der Waals surface area contributed by atoms with Gasteiger partial charge in [0.05, 0.1) is 43.7 Å². The van der Waals surface area contributed by atoms with E-state index in [4.69, 9.17) is 28.4 Å². The van der Waals surface area contributed by atoms with Crippen LogP contribution in [0.1, 0.15) is 107 Å². The highest BCUT2D eigenvalue weighted by atomic mass is 16.8. The van der Waals surface area contributed by atoms with Crippen LogP contribution in [0.25, 0.3) is 0 Å². The third-order valence-corrected chi connectivity index (χ3v) is 18.3. The first kappa shape index (κ1) is 51.9. The molecule has 0 amide bonds. The SMILES string of the molecule is CC(C)=CCC[C@](C)(O[C@H]1O[C@@H](CO)[C@H](O)[C@@H](O)[C@@H]1O)[C@@H]1CC[C@]2(C)[C@@H]1[C@H](O)C[C@@H]1[C@]3(C)CC[C@H](O)C(C)(C)[C@@H]3[C@H](O[C@@H]3O[C@H](CO)[C@@H](O)[C@H](O)[C@@H]3O[C@@H]3OC[C@H](O)[C@H](O)[C@@H]3O)C[C@@]12C. The van der Waals surface area contributed by atoms with E-state index in [1.54, 1.807) is 0 Å². The van der Waals surface area contributed by atoms with Gasteiger partial charge in [0.1, 0.15) is 67.1 Å². The molecule has 7 fully saturated rings. The standard InChI is InChI=1S/C47H80O18/c1-21(2)10-9-13-47(8,65-41-37(59)34(56)32(54)26(18-48)62-41)22-11-15-45(6)30(22)23(50)16-28-44(5)14-12-29(52)43(3,4)39(44)25(17-46(28,45)7)61-42-38(35(57)33(55)27(19-49)63-42)64-40-36(58)31(53)24(51)20-60-40/h10,22-42,48-59H,9,11-20H2,1-8H3/t22-,23-,24+,25-,26+,27-,28-,29+,30+,31+,32+,33-,34-,35+,36+,37+,38+,39+,40+,41-,42-,44+,45-,46+,47+/m1/s1. The minimum absolute atomic E-state index is 0.0828. The largest absolute Gasteiger partial charge is 0.394 e. The van der Waals surface area contributed by atoms with Gasteiger partial charge in [-0.25, -0.2) is 0 Å². The van der Waals surface area contributed by atoms with Gasteiger partial charge in [-0.2, -0.15) is 0 Å². The first-order valence-electron chi connectivity index (χ1n) is 23.9. The molecule has 4 aliphatic carbocycles. The molecule has 12 N–H and O–H groups in total. The summed E-state index contributed by atoms with van der Waals surface area (Å²) in [5, 5.41) is 131. The topological polar surface area (TPSA) is 298 Å². The van der Waals surface area contributed by atoms with E-state index in [0.717, 1.165) is 5.57 Å². The second-order valence-electron chi connectivity index (χ2n) is 22.6. The Morgan fingerprint density at radius 1 is 0.692 bits per heavy atom. The summed E-state index contributed by atoms with van der Waals surface area (Å²) in [5.74, 6) is -1.11. The molecular formula is C47H80O18. The number of fused-ring (bicyclic) bond motifs is 5. The fourth-order valence-electron chi connectivity index (χ4n) is 14.6. The Hall–Kier alpha value is -0.980. The number of hydrogen-bond acceptors (Lipinski definition) is 18. The van der Waals surface area contributed by atoms with Crippen LogP contribution in [0, 0.1) is 45.3 Å². The fraction of sp³-hybridized carbons (Fsp3) is 0.957. The maximum absolute atomic E-state index is 12.7. The highest BCUT2D eigenvalue weighted by Crippen LogP contribution is 2.76. The van der Waals surface area contributed by atoms with E-state index in [1.807, 2.05) is 34.6 Å². The number of ether oxygens (including phenoxy) is 6. The Balaban J connectivity index is 1.27.